The Hall–Kier alpha value is -2.83. The Morgan fingerprint density at radius 1 is 1.38 bits per heavy atom. The van der Waals surface area contributed by atoms with Crippen molar-refractivity contribution in [1.82, 2.24) is 14.9 Å². The quantitative estimate of drug-likeness (QED) is 0.880. The normalized spacial score (nSPS) is 20.1. The largest absolute Gasteiger partial charge is 0.482 e. The van der Waals surface area contributed by atoms with Crippen LogP contribution >= 0.6 is 0 Å². The van der Waals surface area contributed by atoms with Crippen LogP contribution in [-0.2, 0) is 4.79 Å². The number of benzene rings is 1. The Kier molecular flexibility index (Phi) is 3.68. The van der Waals surface area contributed by atoms with Gasteiger partial charge in [0.1, 0.15) is 11.6 Å². The van der Waals surface area contributed by atoms with E-state index in [1.54, 1.807) is 24.4 Å². The molecule has 0 saturated carbocycles. The van der Waals surface area contributed by atoms with E-state index in [0.29, 0.717) is 23.5 Å². The van der Waals surface area contributed by atoms with Gasteiger partial charge in [-0.15, -0.1) is 0 Å². The molecular weight excluding hydrogens is 308 g/mol. The van der Waals surface area contributed by atoms with Crippen LogP contribution in [0.25, 0.3) is 0 Å². The third-order valence-electron chi connectivity index (χ3n) is 4.48. The number of aromatic amines is 1. The molecule has 1 fully saturated rings. The number of fused-ring (bicyclic) bond motifs is 1. The Balaban J connectivity index is 1.52. The van der Waals surface area contributed by atoms with Crippen LogP contribution in [0.3, 0.4) is 0 Å². The van der Waals surface area contributed by atoms with Gasteiger partial charge >= 0.3 is 0 Å². The van der Waals surface area contributed by atoms with E-state index in [2.05, 4.69) is 15.3 Å². The SMILES string of the molecule is O=C1COc2cc(C(=O)N3CCC[C@@H](c4ncc[nH]4)C3)ccc2N1. The van der Waals surface area contributed by atoms with Crippen LogP contribution in [-0.4, -0.2) is 46.4 Å². The van der Waals surface area contributed by atoms with Crippen molar-refractivity contribution in [3.63, 3.8) is 0 Å². The van der Waals surface area contributed by atoms with Crippen molar-refractivity contribution >= 4 is 17.5 Å². The number of nitrogens with one attached hydrogen (secondary N) is 2. The molecule has 0 bridgehead atoms. The fourth-order valence-electron chi connectivity index (χ4n) is 3.28. The lowest BCUT2D eigenvalue weighted by Gasteiger charge is -2.32. The predicted octanol–water partition coefficient (Wildman–Crippen LogP) is 1.76. The Morgan fingerprint density at radius 2 is 2.29 bits per heavy atom. The van der Waals surface area contributed by atoms with Gasteiger partial charge in [-0.25, -0.2) is 4.98 Å². The molecule has 3 heterocycles. The molecule has 4 rings (SSSR count). The number of carbonyl (C=O) groups excluding carboxylic acids is 2. The summed E-state index contributed by atoms with van der Waals surface area (Å²) < 4.78 is 5.40. The number of piperidine rings is 1. The molecule has 1 aromatic heterocycles. The first-order valence-electron chi connectivity index (χ1n) is 8.06. The molecule has 0 unspecified atom stereocenters. The number of H-pyrrole nitrogens is 1. The first kappa shape index (κ1) is 14.7. The smallest absolute Gasteiger partial charge is 0.262 e. The number of rotatable bonds is 2. The Morgan fingerprint density at radius 3 is 3.12 bits per heavy atom. The highest BCUT2D eigenvalue weighted by Crippen LogP contribution is 2.30. The van der Waals surface area contributed by atoms with Crippen LogP contribution in [0.1, 0.15) is 34.9 Å². The number of aromatic nitrogens is 2. The van der Waals surface area contributed by atoms with Gasteiger partial charge in [0.25, 0.3) is 11.8 Å². The molecule has 1 atom stereocenters. The number of amides is 2. The number of nitrogens with zero attached hydrogens (tertiary/aromatic N) is 2. The molecule has 2 aliphatic rings. The van der Waals surface area contributed by atoms with E-state index < -0.39 is 0 Å². The fourth-order valence-corrected chi connectivity index (χ4v) is 3.28. The minimum Gasteiger partial charge on any atom is -0.482 e. The number of imidazole rings is 1. The van der Waals surface area contributed by atoms with E-state index >= 15 is 0 Å². The van der Waals surface area contributed by atoms with E-state index in [4.69, 9.17) is 4.74 Å². The van der Waals surface area contributed by atoms with Crippen molar-refractivity contribution in [2.75, 3.05) is 25.0 Å². The van der Waals surface area contributed by atoms with E-state index in [1.807, 2.05) is 11.1 Å². The van der Waals surface area contributed by atoms with Crippen molar-refractivity contribution in [3.05, 3.63) is 42.0 Å². The number of carbonyl (C=O) groups is 2. The minimum atomic E-state index is -0.182. The maximum Gasteiger partial charge on any atom is 0.262 e. The molecule has 2 amide bonds. The Bertz CT molecular complexity index is 772. The molecule has 0 radical (unpaired) electrons. The standard InChI is InChI=1S/C17H18N4O3/c22-15-10-24-14-8-11(3-4-13(14)20-15)17(23)21-7-1-2-12(9-21)16-18-5-6-19-16/h3-6,8,12H,1-2,7,9-10H2,(H,18,19)(H,20,22)/t12-/m1/s1. The topological polar surface area (TPSA) is 87.3 Å². The number of hydrogen-bond acceptors (Lipinski definition) is 4. The zero-order chi connectivity index (χ0) is 16.5. The number of hydrogen-bond donors (Lipinski definition) is 2. The van der Waals surface area contributed by atoms with E-state index in [0.717, 1.165) is 25.2 Å². The Labute approximate surface area is 139 Å². The van der Waals surface area contributed by atoms with E-state index in [1.165, 1.54) is 0 Å². The molecule has 0 aliphatic carbocycles. The molecule has 7 nitrogen and oxygen atoms in total. The summed E-state index contributed by atoms with van der Waals surface area (Å²) in [4.78, 5) is 33.5. The van der Waals surface area contributed by atoms with E-state index in [9.17, 15) is 9.59 Å². The zero-order valence-corrected chi connectivity index (χ0v) is 13.1. The molecule has 7 heteroatoms. The monoisotopic (exact) mass is 326 g/mol. The first-order chi connectivity index (χ1) is 11.7. The summed E-state index contributed by atoms with van der Waals surface area (Å²) in [5.74, 6) is 1.52. The fraction of sp³-hybridized carbons (Fsp3) is 0.353. The van der Waals surface area contributed by atoms with Crippen LogP contribution in [0.15, 0.2) is 30.6 Å². The molecular formula is C17H18N4O3. The highest BCUT2D eigenvalue weighted by molar-refractivity contribution is 5.99. The average Bonchev–Trinajstić information content (AvgIpc) is 3.15. The van der Waals surface area contributed by atoms with Crippen LogP contribution in [0.4, 0.5) is 5.69 Å². The van der Waals surface area contributed by atoms with Crippen LogP contribution in [0.2, 0.25) is 0 Å². The zero-order valence-electron chi connectivity index (χ0n) is 13.1. The van der Waals surface area contributed by atoms with Crippen LogP contribution in [0.5, 0.6) is 5.75 Å². The van der Waals surface area contributed by atoms with Gasteiger partial charge < -0.3 is 19.9 Å². The summed E-state index contributed by atoms with van der Waals surface area (Å²) in [6.45, 7) is 1.38. The maximum absolute atomic E-state index is 12.8. The first-order valence-corrected chi connectivity index (χ1v) is 8.06. The summed E-state index contributed by atoms with van der Waals surface area (Å²) in [5, 5.41) is 2.73. The number of ether oxygens (including phenoxy) is 1. The van der Waals surface area contributed by atoms with Gasteiger partial charge in [-0.05, 0) is 31.0 Å². The van der Waals surface area contributed by atoms with Crippen molar-refractivity contribution < 1.29 is 14.3 Å². The van der Waals surface area contributed by atoms with Gasteiger partial charge in [-0.3, -0.25) is 9.59 Å². The van der Waals surface area contributed by atoms with Gasteiger partial charge in [0.15, 0.2) is 6.61 Å². The second-order valence-corrected chi connectivity index (χ2v) is 6.11. The van der Waals surface area contributed by atoms with Gasteiger partial charge in [0, 0.05) is 37.0 Å². The molecule has 0 spiro atoms. The molecule has 2 aromatic rings. The van der Waals surface area contributed by atoms with Crippen molar-refractivity contribution in [1.29, 1.82) is 0 Å². The highest BCUT2D eigenvalue weighted by atomic mass is 16.5. The van der Waals surface area contributed by atoms with Gasteiger partial charge in [-0.1, -0.05) is 0 Å². The minimum absolute atomic E-state index is 0.0189. The summed E-state index contributed by atoms with van der Waals surface area (Å²) in [6.07, 6.45) is 5.53. The van der Waals surface area contributed by atoms with Gasteiger partial charge in [0.2, 0.25) is 0 Å². The third kappa shape index (κ3) is 2.73. The van der Waals surface area contributed by atoms with Gasteiger partial charge in [-0.2, -0.15) is 0 Å². The second-order valence-electron chi connectivity index (χ2n) is 6.11. The molecule has 2 N–H and O–H groups in total. The maximum atomic E-state index is 12.8. The number of likely N-dealkylation sites (tertiary alicyclic amines) is 1. The molecule has 1 aromatic carbocycles. The summed E-state index contributed by atoms with van der Waals surface area (Å²) >= 11 is 0. The molecule has 2 aliphatic heterocycles. The highest BCUT2D eigenvalue weighted by Gasteiger charge is 2.27. The van der Waals surface area contributed by atoms with Crippen molar-refractivity contribution in [2.45, 2.75) is 18.8 Å². The molecule has 24 heavy (non-hydrogen) atoms. The average molecular weight is 326 g/mol. The third-order valence-corrected chi connectivity index (χ3v) is 4.48. The lowest BCUT2D eigenvalue weighted by Crippen LogP contribution is -2.39. The second kappa shape index (κ2) is 5.99. The lowest BCUT2D eigenvalue weighted by molar-refractivity contribution is -0.118. The van der Waals surface area contributed by atoms with Crippen molar-refractivity contribution in [3.8, 4) is 5.75 Å². The lowest BCUT2D eigenvalue weighted by atomic mass is 9.96. The molecule has 124 valence electrons. The van der Waals surface area contributed by atoms with Crippen LogP contribution < -0.4 is 10.1 Å². The molecule has 1 saturated heterocycles. The van der Waals surface area contributed by atoms with Crippen molar-refractivity contribution in [2.24, 2.45) is 0 Å². The van der Waals surface area contributed by atoms with Gasteiger partial charge in [0.05, 0.1) is 5.69 Å². The van der Waals surface area contributed by atoms with Crippen LogP contribution in [0, 0.1) is 0 Å². The summed E-state index contributed by atoms with van der Waals surface area (Å²) in [6, 6.07) is 5.15. The van der Waals surface area contributed by atoms with E-state index in [-0.39, 0.29) is 24.3 Å². The predicted molar refractivity (Wildman–Crippen MR) is 87.0 cm³/mol. The number of anilines is 1. The summed E-state index contributed by atoms with van der Waals surface area (Å²) in [5.41, 5.74) is 1.18. The summed E-state index contributed by atoms with van der Waals surface area (Å²) in [7, 11) is 0.